The van der Waals surface area contributed by atoms with Gasteiger partial charge in [-0.2, -0.15) is 0 Å². The Morgan fingerprint density at radius 2 is 1.79 bits per heavy atom. The zero-order valence-corrected chi connectivity index (χ0v) is 12.5. The maximum atomic E-state index is 12.3. The highest BCUT2D eigenvalue weighted by molar-refractivity contribution is 6.35. The van der Waals surface area contributed by atoms with Crippen LogP contribution in [0.1, 0.15) is 11.1 Å². The van der Waals surface area contributed by atoms with Crippen molar-refractivity contribution < 1.29 is 9.72 Å². The van der Waals surface area contributed by atoms with Crippen molar-refractivity contribution in [1.82, 2.24) is 0 Å². The largest absolute Gasteiger partial charge is 0.321 e. The van der Waals surface area contributed by atoms with E-state index in [1.165, 1.54) is 12.1 Å². The summed E-state index contributed by atoms with van der Waals surface area (Å²) in [6.45, 7) is 0. The molecular weight excluding hydrogens is 304 g/mol. The second kappa shape index (κ2) is 5.31. The van der Waals surface area contributed by atoms with Crippen LogP contribution in [0.3, 0.4) is 0 Å². The summed E-state index contributed by atoms with van der Waals surface area (Å²) < 4.78 is 0. The maximum Gasteiger partial charge on any atom is 0.270 e. The van der Waals surface area contributed by atoms with Crippen LogP contribution < -0.4 is 5.32 Å². The van der Waals surface area contributed by atoms with Gasteiger partial charge in [0, 0.05) is 29.0 Å². The van der Waals surface area contributed by atoms with E-state index in [9.17, 15) is 14.9 Å². The van der Waals surface area contributed by atoms with Crippen LogP contribution in [0.15, 0.2) is 60.7 Å². The highest BCUT2D eigenvalue weighted by Crippen LogP contribution is 2.37. The highest BCUT2D eigenvalue weighted by Gasteiger charge is 2.26. The minimum atomic E-state index is -0.460. The van der Waals surface area contributed by atoms with Gasteiger partial charge in [0.15, 0.2) is 0 Å². The van der Waals surface area contributed by atoms with E-state index in [1.54, 1.807) is 12.1 Å². The number of nitrogens with one attached hydrogen (secondary N) is 1. The van der Waals surface area contributed by atoms with Crippen LogP contribution in [0.25, 0.3) is 22.8 Å². The summed E-state index contributed by atoms with van der Waals surface area (Å²) in [5.41, 5.74) is 4.57. The number of nitro benzene ring substituents is 1. The molecule has 1 N–H and O–H groups in total. The van der Waals surface area contributed by atoms with Crippen LogP contribution in [-0.2, 0) is 4.79 Å². The Labute approximate surface area is 137 Å². The summed E-state index contributed by atoms with van der Waals surface area (Å²) in [7, 11) is 0. The van der Waals surface area contributed by atoms with Gasteiger partial charge in [-0.15, -0.1) is 0 Å². The molecule has 0 aromatic heterocycles. The van der Waals surface area contributed by atoms with Crippen molar-refractivity contribution in [3.05, 3.63) is 81.9 Å². The van der Waals surface area contributed by atoms with Gasteiger partial charge < -0.3 is 5.32 Å². The maximum absolute atomic E-state index is 12.3. The van der Waals surface area contributed by atoms with Crippen molar-refractivity contribution in [1.29, 1.82) is 0 Å². The topological polar surface area (TPSA) is 72.2 Å². The summed E-state index contributed by atoms with van der Waals surface area (Å²) in [6.07, 6.45) is 1.78. The first kappa shape index (κ1) is 14.1. The fraction of sp³-hybridized carbons (Fsp3) is 0. The lowest BCUT2D eigenvalue weighted by molar-refractivity contribution is -0.384. The third kappa shape index (κ3) is 2.23. The molecule has 1 heterocycles. The molecule has 5 heteroatoms. The van der Waals surface area contributed by atoms with Crippen LogP contribution in [0.4, 0.5) is 11.4 Å². The van der Waals surface area contributed by atoms with Gasteiger partial charge in [0.2, 0.25) is 0 Å². The van der Waals surface area contributed by atoms with Crippen molar-refractivity contribution in [3.8, 4) is 11.1 Å². The number of fused-ring (bicyclic) bond motifs is 2. The number of non-ortho nitro benzene ring substituents is 1. The number of nitrogens with zero attached hydrogens (tertiary/aromatic N) is 1. The third-order valence-corrected chi connectivity index (χ3v) is 4.12. The standard InChI is InChI=1S/C19H12N2O3/c22-19-17(16-11-14(21(23)24)8-9-18(16)20-19)10-13-7-6-12-4-2-1-3-5-15(12)13/h1-11H,(H,20,22). The molecule has 0 fully saturated rings. The summed E-state index contributed by atoms with van der Waals surface area (Å²) in [6, 6.07) is 18.2. The molecule has 2 aliphatic carbocycles. The fourth-order valence-corrected chi connectivity index (χ4v) is 2.95. The molecule has 116 valence electrons. The van der Waals surface area contributed by atoms with Crippen molar-refractivity contribution in [2.75, 3.05) is 5.32 Å². The molecule has 1 aromatic rings. The smallest absolute Gasteiger partial charge is 0.270 e. The minimum absolute atomic E-state index is 0.0325. The lowest BCUT2D eigenvalue weighted by Crippen LogP contribution is -2.03. The second-order valence-electron chi connectivity index (χ2n) is 5.57. The van der Waals surface area contributed by atoms with Crippen LogP contribution >= 0.6 is 0 Å². The zero-order chi connectivity index (χ0) is 16.7. The lowest BCUT2D eigenvalue weighted by atomic mass is 10.0. The first-order valence-corrected chi connectivity index (χ1v) is 7.43. The van der Waals surface area contributed by atoms with Crippen LogP contribution in [0, 0.1) is 10.1 Å². The molecule has 0 saturated heterocycles. The lowest BCUT2D eigenvalue weighted by Gasteiger charge is -2.00. The molecule has 24 heavy (non-hydrogen) atoms. The number of benzene rings is 1. The zero-order valence-electron chi connectivity index (χ0n) is 12.5. The monoisotopic (exact) mass is 316 g/mol. The van der Waals surface area contributed by atoms with E-state index < -0.39 is 4.92 Å². The van der Waals surface area contributed by atoms with Gasteiger partial charge in [-0.05, 0) is 28.8 Å². The van der Waals surface area contributed by atoms with E-state index in [-0.39, 0.29) is 11.6 Å². The Morgan fingerprint density at radius 1 is 0.958 bits per heavy atom. The van der Waals surface area contributed by atoms with E-state index in [4.69, 9.17) is 0 Å². The fourth-order valence-electron chi connectivity index (χ4n) is 2.95. The molecule has 0 radical (unpaired) electrons. The minimum Gasteiger partial charge on any atom is -0.321 e. The molecule has 0 bridgehead atoms. The molecular formula is C19H12N2O3. The number of rotatable bonds is 2. The molecule has 0 saturated carbocycles. The Hall–Kier alpha value is -3.47. The van der Waals surface area contributed by atoms with E-state index in [2.05, 4.69) is 5.32 Å². The van der Waals surface area contributed by atoms with Crippen LogP contribution in [-0.4, -0.2) is 10.8 Å². The van der Waals surface area contributed by atoms with E-state index >= 15 is 0 Å². The number of hydrogen-bond donors (Lipinski definition) is 1. The van der Waals surface area contributed by atoms with E-state index in [0.717, 1.165) is 16.7 Å². The molecule has 4 rings (SSSR count). The van der Waals surface area contributed by atoms with Gasteiger partial charge in [-0.3, -0.25) is 14.9 Å². The molecule has 0 unspecified atom stereocenters. The average molecular weight is 316 g/mol. The normalized spacial score (nSPS) is 14.7. The Bertz CT molecular complexity index is 991. The highest BCUT2D eigenvalue weighted by atomic mass is 16.6. The van der Waals surface area contributed by atoms with Crippen LogP contribution in [0.2, 0.25) is 0 Å². The number of hydrogen-bond acceptors (Lipinski definition) is 3. The predicted molar refractivity (Wildman–Crippen MR) is 92.7 cm³/mol. The van der Waals surface area contributed by atoms with Crippen molar-refractivity contribution in [3.63, 3.8) is 0 Å². The van der Waals surface area contributed by atoms with Gasteiger partial charge in [-0.25, -0.2) is 0 Å². The van der Waals surface area contributed by atoms with Gasteiger partial charge in [0.1, 0.15) is 0 Å². The number of nitro groups is 1. The quantitative estimate of drug-likeness (QED) is 0.437. The van der Waals surface area contributed by atoms with Crippen LogP contribution in [0.5, 0.6) is 0 Å². The molecule has 1 amide bonds. The van der Waals surface area contributed by atoms with Gasteiger partial charge >= 0.3 is 0 Å². The predicted octanol–water partition coefficient (Wildman–Crippen LogP) is 4.19. The molecule has 0 spiro atoms. The number of carbonyl (C=O) groups excluding carboxylic acids is 1. The Balaban J connectivity index is 1.86. The van der Waals surface area contributed by atoms with E-state index in [1.807, 2.05) is 42.5 Å². The summed E-state index contributed by atoms with van der Waals surface area (Å²) in [5.74, 6) is -0.250. The molecule has 3 aliphatic rings. The summed E-state index contributed by atoms with van der Waals surface area (Å²) in [5, 5.41) is 13.7. The van der Waals surface area contributed by atoms with E-state index in [0.29, 0.717) is 16.8 Å². The molecule has 0 atom stereocenters. The Kier molecular flexibility index (Phi) is 3.13. The van der Waals surface area contributed by atoms with Gasteiger partial charge in [0.25, 0.3) is 11.6 Å². The molecule has 1 aromatic carbocycles. The summed E-state index contributed by atoms with van der Waals surface area (Å²) >= 11 is 0. The third-order valence-electron chi connectivity index (χ3n) is 4.12. The molecule has 5 nitrogen and oxygen atoms in total. The number of carbonyl (C=O) groups is 1. The second-order valence-corrected chi connectivity index (χ2v) is 5.57. The first-order valence-electron chi connectivity index (χ1n) is 7.43. The Morgan fingerprint density at radius 3 is 2.62 bits per heavy atom. The number of amides is 1. The van der Waals surface area contributed by atoms with Gasteiger partial charge in [-0.1, -0.05) is 42.5 Å². The summed E-state index contributed by atoms with van der Waals surface area (Å²) in [4.78, 5) is 22.8. The SMILES string of the molecule is O=C1Nc2ccc([N+](=O)[O-])cc2C1=Cc1ccc2cccccc1-2. The first-order chi connectivity index (χ1) is 11.6. The average Bonchev–Trinajstić information content (AvgIpc) is 2.98. The molecule has 1 aliphatic heterocycles. The van der Waals surface area contributed by atoms with Gasteiger partial charge in [0.05, 0.1) is 4.92 Å². The number of anilines is 1. The van der Waals surface area contributed by atoms with Crippen molar-refractivity contribution in [2.45, 2.75) is 0 Å². The van der Waals surface area contributed by atoms with Crippen molar-refractivity contribution >= 4 is 28.9 Å². The van der Waals surface area contributed by atoms with Crippen molar-refractivity contribution in [2.24, 2.45) is 0 Å².